The van der Waals surface area contributed by atoms with Gasteiger partial charge in [-0.2, -0.15) is 26.3 Å². The van der Waals surface area contributed by atoms with E-state index in [-0.39, 0.29) is 23.0 Å². The second kappa shape index (κ2) is 6.87. The number of halogens is 8. The van der Waals surface area contributed by atoms with Crippen LogP contribution in [0.5, 0.6) is 0 Å². The van der Waals surface area contributed by atoms with Crippen LogP contribution in [0.1, 0.15) is 30.0 Å². The van der Waals surface area contributed by atoms with Crippen LogP contribution in [0.3, 0.4) is 0 Å². The van der Waals surface area contributed by atoms with Crippen LogP contribution in [0, 0.1) is 0 Å². The molecular weight excluding hydrogens is 331 g/mol. The maximum absolute atomic E-state index is 12.7. The van der Waals surface area contributed by atoms with Gasteiger partial charge in [-0.25, -0.2) is 0 Å². The van der Waals surface area contributed by atoms with Gasteiger partial charge in [0.25, 0.3) is 0 Å². The van der Waals surface area contributed by atoms with Gasteiger partial charge >= 0.3 is 12.4 Å². The fourth-order valence-electron chi connectivity index (χ4n) is 1.57. The molecular formula is C11H11Cl2F6N. The number of nitrogens with two attached hydrogens (primary N) is 1. The standard InChI is InChI=1S/C11H10ClF6N.ClH/c12-6-1-2-7(8(5-6)11(16,17)18)9(19)3-4-10(13,14)15;/h1-2,5,9H,3-4,19H2;1H/t9-;/m0./s1. The summed E-state index contributed by atoms with van der Waals surface area (Å²) in [7, 11) is 0. The molecule has 0 aliphatic rings. The molecule has 0 saturated carbocycles. The average molecular weight is 342 g/mol. The Balaban J connectivity index is 0.00000361. The van der Waals surface area contributed by atoms with Crippen LogP contribution in [0.15, 0.2) is 18.2 Å². The molecule has 0 radical (unpaired) electrons. The van der Waals surface area contributed by atoms with Crippen molar-refractivity contribution in [3.63, 3.8) is 0 Å². The van der Waals surface area contributed by atoms with E-state index >= 15 is 0 Å². The molecule has 1 atom stereocenters. The lowest BCUT2D eigenvalue weighted by Gasteiger charge is -2.19. The third kappa shape index (κ3) is 5.76. The first kappa shape index (κ1) is 19.3. The molecule has 1 nitrogen and oxygen atoms in total. The smallest absolute Gasteiger partial charge is 0.324 e. The molecule has 0 fully saturated rings. The molecule has 0 unspecified atom stereocenters. The largest absolute Gasteiger partial charge is 0.416 e. The van der Waals surface area contributed by atoms with Crippen molar-refractivity contribution in [3.05, 3.63) is 34.3 Å². The lowest BCUT2D eigenvalue weighted by Crippen LogP contribution is -2.20. The summed E-state index contributed by atoms with van der Waals surface area (Å²) >= 11 is 5.46. The molecule has 1 rings (SSSR count). The summed E-state index contributed by atoms with van der Waals surface area (Å²) in [6, 6.07) is 1.48. The number of alkyl halides is 6. The SMILES string of the molecule is Cl.N[C@@H](CCC(F)(F)F)c1ccc(Cl)cc1C(F)(F)F. The molecule has 0 saturated heterocycles. The Hall–Kier alpha value is -0.660. The molecule has 1 aromatic carbocycles. The van der Waals surface area contributed by atoms with E-state index in [0.29, 0.717) is 6.07 Å². The molecule has 2 N–H and O–H groups in total. The maximum Gasteiger partial charge on any atom is 0.416 e. The molecule has 0 spiro atoms. The Morgan fingerprint density at radius 2 is 1.65 bits per heavy atom. The Labute approximate surface area is 122 Å². The monoisotopic (exact) mass is 341 g/mol. The number of rotatable bonds is 3. The summed E-state index contributed by atoms with van der Waals surface area (Å²) in [5.74, 6) is 0. The highest BCUT2D eigenvalue weighted by atomic mass is 35.5. The zero-order valence-corrected chi connectivity index (χ0v) is 11.4. The summed E-state index contributed by atoms with van der Waals surface area (Å²) in [6.07, 6.45) is -11.0. The first-order valence-electron chi connectivity index (χ1n) is 5.19. The van der Waals surface area contributed by atoms with Gasteiger partial charge < -0.3 is 5.73 Å². The Morgan fingerprint density at radius 1 is 1.10 bits per heavy atom. The highest BCUT2D eigenvalue weighted by Gasteiger charge is 2.36. The van der Waals surface area contributed by atoms with Crippen LogP contribution in [-0.2, 0) is 6.18 Å². The molecule has 1 aromatic rings. The molecule has 0 heterocycles. The van der Waals surface area contributed by atoms with E-state index in [1.165, 1.54) is 6.07 Å². The predicted molar refractivity (Wildman–Crippen MR) is 65.9 cm³/mol. The fourth-order valence-corrected chi connectivity index (χ4v) is 1.74. The fraction of sp³-hybridized carbons (Fsp3) is 0.455. The minimum atomic E-state index is -4.71. The van der Waals surface area contributed by atoms with E-state index in [1.807, 2.05) is 0 Å². The summed E-state index contributed by atoms with van der Waals surface area (Å²) in [5.41, 5.74) is 3.92. The van der Waals surface area contributed by atoms with Crippen LogP contribution < -0.4 is 5.73 Å². The summed E-state index contributed by atoms with van der Waals surface area (Å²) in [4.78, 5) is 0. The quantitative estimate of drug-likeness (QED) is 0.758. The van der Waals surface area contributed by atoms with Gasteiger partial charge in [-0.3, -0.25) is 0 Å². The van der Waals surface area contributed by atoms with Gasteiger partial charge in [0.15, 0.2) is 0 Å². The second-order valence-corrected chi connectivity index (χ2v) is 4.43. The van der Waals surface area contributed by atoms with Crippen LogP contribution in [0.2, 0.25) is 5.02 Å². The van der Waals surface area contributed by atoms with E-state index in [0.717, 1.165) is 6.07 Å². The minimum absolute atomic E-state index is 0. The molecule has 20 heavy (non-hydrogen) atoms. The van der Waals surface area contributed by atoms with E-state index in [2.05, 4.69) is 0 Å². The highest BCUT2D eigenvalue weighted by Crippen LogP contribution is 2.37. The summed E-state index contributed by atoms with van der Waals surface area (Å²) in [5, 5.41) is -0.154. The van der Waals surface area contributed by atoms with Crippen molar-refractivity contribution in [2.75, 3.05) is 0 Å². The Bertz CT molecular complexity index is 444. The van der Waals surface area contributed by atoms with Gasteiger partial charge in [0.05, 0.1) is 5.56 Å². The zero-order valence-electron chi connectivity index (χ0n) is 9.85. The summed E-state index contributed by atoms with van der Waals surface area (Å²) in [6.45, 7) is 0. The second-order valence-electron chi connectivity index (χ2n) is 3.99. The minimum Gasteiger partial charge on any atom is -0.324 e. The zero-order chi connectivity index (χ0) is 14.8. The number of hydrogen-bond acceptors (Lipinski definition) is 1. The molecule has 0 amide bonds. The van der Waals surface area contributed by atoms with Crippen molar-refractivity contribution in [1.82, 2.24) is 0 Å². The Morgan fingerprint density at radius 3 is 2.10 bits per heavy atom. The Kier molecular flexibility index (Phi) is 6.64. The first-order chi connectivity index (χ1) is 8.50. The number of benzene rings is 1. The predicted octanol–water partition coefficient (Wildman–Crippen LogP) is 5.12. The van der Waals surface area contributed by atoms with Crippen molar-refractivity contribution in [1.29, 1.82) is 0 Å². The molecule has 116 valence electrons. The maximum atomic E-state index is 12.7. The van der Waals surface area contributed by atoms with Crippen LogP contribution in [-0.4, -0.2) is 6.18 Å². The van der Waals surface area contributed by atoms with E-state index in [1.54, 1.807) is 0 Å². The van der Waals surface area contributed by atoms with E-state index in [4.69, 9.17) is 17.3 Å². The van der Waals surface area contributed by atoms with Gasteiger partial charge in [0.2, 0.25) is 0 Å². The van der Waals surface area contributed by atoms with Crippen molar-refractivity contribution in [3.8, 4) is 0 Å². The normalized spacial score (nSPS) is 13.8. The highest BCUT2D eigenvalue weighted by molar-refractivity contribution is 6.30. The van der Waals surface area contributed by atoms with E-state index in [9.17, 15) is 26.3 Å². The molecule has 0 aromatic heterocycles. The molecule has 0 aliphatic carbocycles. The van der Waals surface area contributed by atoms with Crippen LogP contribution in [0.4, 0.5) is 26.3 Å². The first-order valence-corrected chi connectivity index (χ1v) is 5.57. The average Bonchev–Trinajstić information content (AvgIpc) is 2.23. The van der Waals surface area contributed by atoms with Gasteiger partial charge in [-0.15, -0.1) is 12.4 Å². The third-order valence-corrected chi connectivity index (χ3v) is 2.69. The molecule has 9 heteroatoms. The van der Waals surface area contributed by atoms with Crippen molar-refractivity contribution in [2.45, 2.75) is 31.2 Å². The van der Waals surface area contributed by atoms with Gasteiger partial charge in [-0.05, 0) is 24.1 Å². The van der Waals surface area contributed by atoms with Crippen molar-refractivity contribution in [2.24, 2.45) is 5.73 Å². The van der Waals surface area contributed by atoms with Gasteiger partial charge in [0, 0.05) is 17.5 Å². The van der Waals surface area contributed by atoms with Crippen LogP contribution >= 0.6 is 24.0 Å². The van der Waals surface area contributed by atoms with Crippen molar-refractivity contribution >= 4 is 24.0 Å². The molecule has 0 bridgehead atoms. The van der Waals surface area contributed by atoms with E-state index < -0.39 is 36.8 Å². The van der Waals surface area contributed by atoms with Crippen LogP contribution in [0.25, 0.3) is 0 Å². The third-order valence-electron chi connectivity index (χ3n) is 2.46. The van der Waals surface area contributed by atoms with Gasteiger partial charge in [-0.1, -0.05) is 17.7 Å². The lowest BCUT2D eigenvalue weighted by molar-refractivity contribution is -0.139. The van der Waals surface area contributed by atoms with Gasteiger partial charge in [0.1, 0.15) is 0 Å². The number of hydrogen-bond donors (Lipinski definition) is 1. The van der Waals surface area contributed by atoms with Crippen molar-refractivity contribution < 1.29 is 26.3 Å². The molecule has 0 aliphatic heterocycles. The summed E-state index contributed by atoms with van der Waals surface area (Å²) < 4.78 is 74.3. The topological polar surface area (TPSA) is 26.0 Å². The lowest BCUT2D eigenvalue weighted by atomic mass is 9.97.